The highest BCUT2D eigenvalue weighted by Gasteiger charge is 2.78. The molecule has 0 unspecified atom stereocenters. The van der Waals surface area contributed by atoms with Crippen LogP contribution in [-0.2, 0) is 14.6 Å². The molecule has 0 fully saturated rings. The van der Waals surface area contributed by atoms with Crippen LogP contribution in [0.2, 0.25) is 0 Å². The van der Waals surface area contributed by atoms with Gasteiger partial charge >= 0.3 is 17.4 Å². The Kier molecular flexibility index (Phi) is 5.01. The lowest BCUT2D eigenvalue weighted by atomic mass is 10.3. The third-order valence-electron chi connectivity index (χ3n) is 1.89. The van der Waals surface area contributed by atoms with Gasteiger partial charge in [-0.15, -0.1) is 0 Å². The van der Waals surface area contributed by atoms with Crippen molar-refractivity contribution in [3.63, 3.8) is 0 Å². The monoisotopic (exact) mass is 316 g/mol. The SMILES string of the molecule is [CH]CCC(=O)CS(=O)(=O)C(F)(F)C(F)(F)C(F)(F)F. The third-order valence-corrected chi connectivity index (χ3v) is 3.63. The molecular formula is C8H7F7O3S. The van der Waals surface area contributed by atoms with Crippen LogP contribution < -0.4 is 0 Å². The van der Waals surface area contributed by atoms with Crippen LogP contribution in [0.25, 0.3) is 0 Å². The van der Waals surface area contributed by atoms with E-state index in [1.807, 2.05) is 0 Å². The van der Waals surface area contributed by atoms with Gasteiger partial charge in [0, 0.05) is 6.42 Å². The van der Waals surface area contributed by atoms with Gasteiger partial charge in [-0.25, -0.2) is 8.42 Å². The van der Waals surface area contributed by atoms with Crippen molar-refractivity contribution in [2.24, 2.45) is 0 Å². The molecule has 112 valence electrons. The molecule has 0 spiro atoms. The van der Waals surface area contributed by atoms with Gasteiger partial charge in [-0.2, -0.15) is 30.7 Å². The second kappa shape index (κ2) is 5.25. The van der Waals surface area contributed by atoms with E-state index in [1.54, 1.807) is 0 Å². The topological polar surface area (TPSA) is 51.2 Å². The zero-order valence-electron chi connectivity index (χ0n) is 8.98. The molecule has 0 atom stereocenters. The normalized spacial score (nSPS) is 14.5. The van der Waals surface area contributed by atoms with Crippen molar-refractivity contribution in [3.05, 3.63) is 6.92 Å². The smallest absolute Gasteiger partial charge is 0.299 e. The van der Waals surface area contributed by atoms with Crippen molar-refractivity contribution in [2.75, 3.05) is 5.75 Å². The zero-order chi connectivity index (χ0) is 15.7. The van der Waals surface area contributed by atoms with Crippen molar-refractivity contribution < 1.29 is 43.9 Å². The highest BCUT2D eigenvalue weighted by Crippen LogP contribution is 2.49. The van der Waals surface area contributed by atoms with E-state index in [0.29, 0.717) is 0 Å². The van der Waals surface area contributed by atoms with Gasteiger partial charge in [0.15, 0.2) is 0 Å². The van der Waals surface area contributed by atoms with Crippen LogP contribution in [0, 0.1) is 6.92 Å². The number of rotatable bonds is 6. The van der Waals surface area contributed by atoms with E-state index in [4.69, 9.17) is 6.92 Å². The molecule has 0 bridgehead atoms. The maximum Gasteiger partial charge on any atom is 0.461 e. The van der Waals surface area contributed by atoms with E-state index in [2.05, 4.69) is 0 Å². The molecule has 0 N–H and O–H groups in total. The quantitative estimate of drug-likeness (QED) is 0.706. The summed E-state index contributed by atoms with van der Waals surface area (Å²) >= 11 is 0. The molecule has 0 rings (SSSR count). The molecule has 0 aliphatic heterocycles. The Morgan fingerprint density at radius 2 is 1.42 bits per heavy atom. The van der Waals surface area contributed by atoms with Gasteiger partial charge in [-0.3, -0.25) is 4.79 Å². The molecule has 0 amide bonds. The number of sulfone groups is 1. The van der Waals surface area contributed by atoms with E-state index >= 15 is 0 Å². The predicted octanol–water partition coefficient (Wildman–Crippen LogP) is 2.25. The van der Waals surface area contributed by atoms with E-state index in [1.165, 1.54) is 0 Å². The fourth-order valence-corrected chi connectivity index (χ4v) is 2.15. The first kappa shape index (κ1) is 18.1. The average Bonchev–Trinajstić information content (AvgIpc) is 2.14. The maximum absolute atomic E-state index is 12.8. The fraction of sp³-hybridized carbons (Fsp3) is 0.750. The minimum Gasteiger partial charge on any atom is -0.299 e. The Bertz CT molecular complexity index is 438. The molecular weight excluding hydrogens is 309 g/mol. The first-order valence-corrected chi connectivity index (χ1v) is 6.12. The van der Waals surface area contributed by atoms with Crippen LogP contribution in [0.15, 0.2) is 0 Å². The van der Waals surface area contributed by atoms with E-state index in [0.717, 1.165) is 0 Å². The summed E-state index contributed by atoms with van der Waals surface area (Å²) in [5.74, 6) is -10.4. The molecule has 2 radical (unpaired) electrons. The van der Waals surface area contributed by atoms with Gasteiger partial charge in [0.2, 0.25) is 9.84 Å². The van der Waals surface area contributed by atoms with Crippen molar-refractivity contribution in [1.29, 1.82) is 0 Å². The molecule has 0 aromatic rings. The van der Waals surface area contributed by atoms with Gasteiger partial charge in [0.1, 0.15) is 11.5 Å². The average molecular weight is 316 g/mol. The van der Waals surface area contributed by atoms with Crippen LogP contribution in [-0.4, -0.2) is 37.3 Å². The molecule has 19 heavy (non-hydrogen) atoms. The highest BCUT2D eigenvalue weighted by atomic mass is 32.2. The summed E-state index contributed by atoms with van der Waals surface area (Å²) in [5.41, 5.74) is 0. The number of carbonyl (C=O) groups excluding carboxylic acids is 1. The lowest BCUT2D eigenvalue weighted by Gasteiger charge is -2.27. The van der Waals surface area contributed by atoms with Crippen LogP contribution in [0.1, 0.15) is 12.8 Å². The molecule has 0 aromatic heterocycles. The second-order valence-corrected chi connectivity index (χ2v) is 5.46. The summed E-state index contributed by atoms with van der Waals surface area (Å²) in [6.45, 7) is 4.78. The lowest BCUT2D eigenvalue weighted by molar-refractivity contribution is -0.332. The molecule has 0 saturated heterocycles. The Hall–Kier alpha value is -0.870. The third kappa shape index (κ3) is 3.37. The van der Waals surface area contributed by atoms with E-state index < -0.39 is 51.6 Å². The van der Waals surface area contributed by atoms with Crippen LogP contribution in [0.5, 0.6) is 0 Å². The van der Waals surface area contributed by atoms with Crippen molar-refractivity contribution in [1.82, 2.24) is 0 Å². The van der Waals surface area contributed by atoms with Crippen LogP contribution >= 0.6 is 0 Å². The minimum absolute atomic E-state index is 0.463. The molecule has 0 aromatic carbocycles. The number of halogens is 7. The summed E-state index contributed by atoms with van der Waals surface area (Å²) in [6.07, 6.45) is -7.98. The van der Waals surface area contributed by atoms with E-state index in [-0.39, 0.29) is 0 Å². The number of alkyl halides is 7. The second-order valence-electron chi connectivity index (χ2n) is 3.43. The predicted molar refractivity (Wildman–Crippen MR) is 48.3 cm³/mol. The summed E-state index contributed by atoms with van der Waals surface area (Å²) in [6, 6.07) is 0. The minimum atomic E-state index is -6.80. The van der Waals surface area contributed by atoms with Gasteiger partial charge in [0.25, 0.3) is 0 Å². The number of ketones is 1. The molecule has 0 aliphatic rings. The van der Waals surface area contributed by atoms with Crippen molar-refractivity contribution in [3.8, 4) is 0 Å². The molecule has 11 heteroatoms. The van der Waals surface area contributed by atoms with Crippen LogP contribution in [0.3, 0.4) is 0 Å². The number of hydrogen-bond donors (Lipinski definition) is 0. The van der Waals surface area contributed by atoms with Crippen LogP contribution in [0.4, 0.5) is 30.7 Å². The van der Waals surface area contributed by atoms with E-state index in [9.17, 15) is 43.9 Å². The van der Waals surface area contributed by atoms with Crippen molar-refractivity contribution >= 4 is 15.6 Å². The first-order chi connectivity index (χ1) is 8.20. The van der Waals surface area contributed by atoms with Gasteiger partial charge in [-0.1, -0.05) is 0 Å². The fourth-order valence-electron chi connectivity index (χ4n) is 0.896. The number of carbonyl (C=O) groups is 1. The number of hydrogen-bond acceptors (Lipinski definition) is 3. The van der Waals surface area contributed by atoms with Crippen molar-refractivity contribution in [2.45, 2.75) is 30.2 Å². The highest BCUT2D eigenvalue weighted by molar-refractivity contribution is 7.93. The Morgan fingerprint density at radius 1 is 1.00 bits per heavy atom. The summed E-state index contributed by atoms with van der Waals surface area (Å²) in [4.78, 5) is 10.8. The Balaban J connectivity index is 5.48. The molecule has 0 saturated carbocycles. The summed E-state index contributed by atoms with van der Waals surface area (Å²) in [7, 11) is -6.33. The Morgan fingerprint density at radius 3 is 1.74 bits per heavy atom. The molecule has 0 heterocycles. The maximum atomic E-state index is 12.8. The zero-order valence-corrected chi connectivity index (χ0v) is 9.79. The standard InChI is InChI=1S/C8H7F7O3S/c1-2-3-5(16)4-19(17,18)8(14,15)6(9,10)7(11,12)13/h1H,2-4H2. The summed E-state index contributed by atoms with van der Waals surface area (Å²) < 4.78 is 107. The molecule has 3 nitrogen and oxygen atoms in total. The summed E-state index contributed by atoms with van der Waals surface area (Å²) in [5, 5.41) is -6.44. The van der Waals surface area contributed by atoms with Gasteiger partial charge in [0.05, 0.1) is 0 Å². The first-order valence-electron chi connectivity index (χ1n) is 4.47. The lowest BCUT2D eigenvalue weighted by Crippen LogP contribution is -2.57. The molecule has 0 aliphatic carbocycles. The van der Waals surface area contributed by atoms with Gasteiger partial charge < -0.3 is 0 Å². The number of Topliss-reactive ketones (excluding diaryl/α,β-unsaturated/α-hetero) is 1. The van der Waals surface area contributed by atoms with Gasteiger partial charge in [-0.05, 0) is 13.3 Å². The Labute approximate surface area is 103 Å². The largest absolute Gasteiger partial charge is 0.461 e.